The highest BCUT2D eigenvalue weighted by Crippen LogP contribution is 2.39. The Bertz CT molecular complexity index is 664. The third kappa shape index (κ3) is 3.93. The molecule has 0 aliphatic heterocycles. The van der Waals surface area contributed by atoms with Gasteiger partial charge in [0.1, 0.15) is 12.1 Å². The van der Waals surface area contributed by atoms with Gasteiger partial charge in [-0.25, -0.2) is 17.7 Å². The molecule has 0 heterocycles. The summed E-state index contributed by atoms with van der Waals surface area (Å²) in [4.78, 5) is 9.81. The van der Waals surface area contributed by atoms with Gasteiger partial charge in [-0.2, -0.15) is 4.39 Å². The predicted octanol–water partition coefficient (Wildman–Crippen LogP) is 2.63. The number of hydrogen-bond acceptors (Lipinski definition) is 4. The summed E-state index contributed by atoms with van der Waals surface area (Å²) in [5, 5.41) is 19.9. The average molecular weight is 368 g/mol. The van der Waals surface area contributed by atoms with Crippen LogP contribution in [0.25, 0.3) is 0 Å². The quantitative estimate of drug-likeness (QED) is 0.596. The molecule has 0 fully saturated rings. The van der Waals surface area contributed by atoms with Crippen LogP contribution in [0.5, 0.6) is 0 Å². The minimum Gasteiger partial charge on any atom is -0.390 e. The van der Waals surface area contributed by atoms with E-state index in [-0.39, 0.29) is 5.56 Å². The molecule has 24 heavy (non-hydrogen) atoms. The monoisotopic (exact) mass is 368 g/mol. The van der Waals surface area contributed by atoms with Crippen molar-refractivity contribution < 1.29 is 27.4 Å². The minimum atomic E-state index is -3.82. The predicted molar refractivity (Wildman–Crippen MR) is 83.5 cm³/mol. The number of rotatable bonds is 6. The van der Waals surface area contributed by atoms with E-state index in [1.165, 1.54) is 0 Å². The van der Waals surface area contributed by atoms with Crippen LogP contribution in [0, 0.1) is 15.9 Å². The van der Waals surface area contributed by atoms with Gasteiger partial charge in [0.2, 0.25) is 5.82 Å². The highest BCUT2D eigenvalue weighted by molar-refractivity contribution is 7.84. The number of aliphatic hydroxyl groups excluding tert-OH is 1. The summed E-state index contributed by atoms with van der Waals surface area (Å²) in [6.07, 6.45) is 0. The first kappa shape index (κ1) is 20.5. The van der Waals surface area contributed by atoms with Crippen molar-refractivity contribution in [3.8, 4) is 0 Å². The number of nitro benzene ring substituents is 1. The molecule has 1 aromatic carbocycles. The highest BCUT2D eigenvalue weighted by Gasteiger charge is 2.53. The maximum atomic E-state index is 14.4. The number of nitrogens with one attached hydrogen (secondary N) is 1. The van der Waals surface area contributed by atoms with Crippen molar-refractivity contribution >= 4 is 16.7 Å². The summed E-state index contributed by atoms with van der Waals surface area (Å²) in [5.74, 6) is -5.00. The lowest BCUT2D eigenvalue weighted by atomic mass is 9.86. The average Bonchev–Trinajstić information content (AvgIpc) is 2.45. The van der Waals surface area contributed by atoms with E-state index >= 15 is 0 Å². The van der Waals surface area contributed by atoms with E-state index in [1.807, 2.05) is 0 Å². The van der Waals surface area contributed by atoms with E-state index in [0.717, 1.165) is 13.0 Å². The summed E-state index contributed by atoms with van der Waals surface area (Å²) in [6.45, 7) is 3.98. The molecule has 1 aromatic rings. The Morgan fingerprint density at radius 1 is 1.29 bits per heavy atom. The molecule has 0 unspecified atom stereocenters. The summed E-state index contributed by atoms with van der Waals surface area (Å²) in [6, 6.07) is 2.26. The number of aliphatic hydroxyl groups is 1. The maximum absolute atomic E-state index is 14.4. The number of hydrogen-bond donors (Lipinski definition) is 2. The molecular formula is C14H19F3N2O4S. The summed E-state index contributed by atoms with van der Waals surface area (Å²) in [5.41, 5.74) is -3.78. The van der Waals surface area contributed by atoms with Crippen molar-refractivity contribution in [1.29, 1.82) is 0 Å². The first-order valence-electron chi connectivity index (χ1n) is 6.89. The van der Waals surface area contributed by atoms with Gasteiger partial charge in [-0.1, -0.05) is 6.07 Å². The Labute approximate surface area is 139 Å². The molecule has 0 saturated heterocycles. The zero-order valence-electron chi connectivity index (χ0n) is 13.6. The first-order valence-corrected chi connectivity index (χ1v) is 8.04. The third-order valence-electron chi connectivity index (χ3n) is 3.50. The van der Waals surface area contributed by atoms with Crippen LogP contribution < -0.4 is 4.72 Å². The van der Waals surface area contributed by atoms with Gasteiger partial charge in [-0.3, -0.25) is 10.1 Å². The van der Waals surface area contributed by atoms with Gasteiger partial charge in [0.05, 0.1) is 20.7 Å². The number of nitrogens with zero attached hydrogens (tertiary/aromatic N) is 1. The van der Waals surface area contributed by atoms with E-state index in [0.29, 0.717) is 12.1 Å². The lowest BCUT2D eigenvalue weighted by Crippen LogP contribution is -2.58. The molecule has 136 valence electrons. The van der Waals surface area contributed by atoms with E-state index < -0.39 is 50.2 Å². The minimum absolute atomic E-state index is 0.368. The van der Waals surface area contributed by atoms with Crippen molar-refractivity contribution in [3.63, 3.8) is 0 Å². The molecule has 0 aliphatic carbocycles. The van der Waals surface area contributed by atoms with Crippen LogP contribution in [-0.2, 0) is 16.5 Å². The van der Waals surface area contributed by atoms with E-state index in [4.69, 9.17) is 5.11 Å². The van der Waals surface area contributed by atoms with Gasteiger partial charge in [-0.05, 0) is 39.3 Å². The van der Waals surface area contributed by atoms with Gasteiger partial charge in [0.25, 0.3) is 5.92 Å². The van der Waals surface area contributed by atoms with E-state index in [1.54, 1.807) is 20.8 Å². The number of alkyl halides is 2. The zero-order valence-corrected chi connectivity index (χ0v) is 14.4. The van der Waals surface area contributed by atoms with Crippen LogP contribution in [0.3, 0.4) is 0 Å². The van der Waals surface area contributed by atoms with Crippen molar-refractivity contribution in [1.82, 2.24) is 4.72 Å². The van der Waals surface area contributed by atoms with Crippen LogP contribution in [0.4, 0.5) is 18.9 Å². The van der Waals surface area contributed by atoms with Gasteiger partial charge in [-0.15, -0.1) is 0 Å². The van der Waals surface area contributed by atoms with Gasteiger partial charge < -0.3 is 5.11 Å². The second-order valence-corrected chi connectivity index (χ2v) is 8.36. The Hall–Kier alpha value is -1.52. The molecule has 10 heteroatoms. The van der Waals surface area contributed by atoms with Crippen molar-refractivity contribution in [2.75, 3.05) is 6.61 Å². The Kier molecular flexibility index (Phi) is 5.79. The van der Waals surface area contributed by atoms with Gasteiger partial charge >= 0.3 is 5.69 Å². The highest BCUT2D eigenvalue weighted by atomic mass is 32.2. The zero-order chi connectivity index (χ0) is 18.9. The smallest absolute Gasteiger partial charge is 0.305 e. The second-order valence-electron chi connectivity index (χ2n) is 6.39. The Balaban J connectivity index is 3.53. The topological polar surface area (TPSA) is 92.5 Å². The fraction of sp³-hybridized carbons (Fsp3) is 0.571. The summed E-state index contributed by atoms with van der Waals surface area (Å²) >= 11 is 0. The Morgan fingerprint density at radius 3 is 2.25 bits per heavy atom. The third-order valence-corrected chi connectivity index (χ3v) is 5.21. The lowest BCUT2D eigenvalue weighted by Gasteiger charge is -2.38. The summed E-state index contributed by atoms with van der Waals surface area (Å²) in [7, 11) is -1.98. The fourth-order valence-electron chi connectivity index (χ4n) is 1.80. The number of halogens is 3. The number of benzene rings is 1. The molecule has 0 aromatic heterocycles. The lowest BCUT2D eigenvalue weighted by molar-refractivity contribution is -0.387. The first-order chi connectivity index (χ1) is 10.8. The van der Waals surface area contributed by atoms with E-state index in [2.05, 4.69) is 4.72 Å². The maximum Gasteiger partial charge on any atom is 0.305 e. The largest absolute Gasteiger partial charge is 0.390 e. The van der Waals surface area contributed by atoms with Crippen LogP contribution in [-0.4, -0.2) is 31.5 Å². The molecule has 1 rings (SSSR count). The van der Waals surface area contributed by atoms with E-state index in [9.17, 15) is 27.5 Å². The van der Waals surface area contributed by atoms with Crippen LogP contribution >= 0.6 is 0 Å². The van der Waals surface area contributed by atoms with Crippen molar-refractivity contribution in [2.45, 2.75) is 43.9 Å². The molecule has 0 spiro atoms. The van der Waals surface area contributed by atoms with Crippen LogP contribution in [0.2, 0.25) is 0 Å². The molecule has 2 atom stereocenters. The summed E-state index contributed by atoms with van der Waals surface area (Å²) < 4.78 is 55.8. The second kappa shape index (κ2) is 6.77. The molecule has 0 bridgehead atoms. The van der Waals surface area contributed by atoms with Gasteiger partial charge in [0, 0.05) is 6.07 Å². The molecular weight excluding hydrogens is 349 g/mol. The number of nitro groups is 1. The standard InChI is InChI=1S/C14H19F3N2O4S/c1-12(2,3)24(23)18-13(4,14(16,17)8-20)9-5-6-10(15)11(7-9)19(21)22/h5-7,18,20H,8H2,1-4H3/t13-,24-/m1/s1. The van der Waals surface area contributed by atoms with Crippen LogP contribution in [0.1, 0.15) is 33.3 Å². The molecule has 2 N–H and O–H groups in total. The normalized spacial score (nSPS) is 16.5. The SMILES string of the molecule is CC(C)(C)[S@@](=O)N[C@](C)(c1ccc(F)c([N+](=O)[O-])c1)C(F)(F)CO. The van der Waals surface area contributed by atoms with Crippen molar-refractivity contribution in [3.05, 3.63) is 39.7 Å². The Morgan fingerprint density at radius 2 is 1.83 bits per heavy atom. The molecule has 0 saturated carbocycles. The van der Waals surface area contributed by atoms with Gasteiger partial charge in [0.15, 0.2) is 0 Å². The fourth-order valence-corrected chi connectivity index (χ4v) is 2.75. The van der Waals surface area contributed by atoms with Crippen molar-refractivity contribution in [2.24, 2.45) is 0 Å². The molecule has 0 radical (unpaired) electrons. The molecule has 0 amide bonds. The molecule has 6 nitrogen and oxygen atoms in total. The molecule has 0 aliphatic rings. The van der Waals surface area contributed by atoms with Crippen LogP contribution in [0.15, 0.2) is 18.2 Å².